The van der Waals surface area contributed by atoms with E-state index < -0.39 is 16.0 Å². The summed E-state index contributed by atoms with van der Waals surface area (Å²) in [5, 5.41) is 5.69. The number of hydrogen-bond acceptors (Lipinski definition) is 4. The zero-order valence-corrected chi connectivity index (χ0v) is 15.6. The van der Waals surface area contributed by atoms with Crippen molar-refractivity contribution in [3.63, 3.8) is 0 Å². The van der Waals surface area contributed by atoms with E-state index in [0.29, 0.717) is 17.3 Å². The van der Waals surface area contributed by atoms with Crippen LogP contribution < -0.4 is 5.32 Å². The zero-order chi connectivity index (χ0) is 17.9. The predicted octanol–water partition coefficient (Wildman–Crippen LogP) is 3.56. The summed E-state index contributed by atoms with van der Waals surface area (Å²) in [6.07, 6.45) is 0. The van der Waals surface area contributed by atoms with E-state index in [2.05, 4.69) is 43.4 Å². The van der Waals surface area contributed by atoms with Crippen molar-refractivity contribution in [3.8, 4) is 0 Å². The van der Waals surface area contributed by atoms with Crippen LogP contribution in [0.2, 0.25) is 0 Å². The van der Waals surface area contributed by atoms with Gasteiger partial charge in [0.2, 0.25) is 5.91 Å². The molecule has 2 atom stereocenters. The van der Waals surface area contributed by atoms with Crippen LogP contribution in [0, 0.1) is 6.92 Å². The molecule has 0 fully saturated rings. The van der Waals surface area contributed by atoms with Gasteiger partial charge in [-0.3, -0.25) is 9.00 Å². The average molecular weight is 348 g/mol. The Hall–Kier alpha value is -1.95. The summed E-state index contributed by atoms with van der Waals surface area (Å²) < 4.78 is 17.3. The number of carbonyl (C=O) groups is 1. The molecule has 24 heavy (non-hydrogen) atoms. The first-order chi connectivity index (χ1) is 11.2. The molecule has 6 heteroatoms. The molecule has 0 saturated heterocycles. The summed E-state index contributed by atoms with van der Waals surface area (Å²) >= 11 is 0. The van der Waals surface area contributed by atoms with E-state index in [9.17, 15) is 9.00 Å². The molecule has 1 aromatic carbocycles. The average Bonchev–Trinajstić information content (AvgIpc) is 2.91. The number of amides is 1. The van der Waals surface area contributed by atoms with E-state index in [1.54, 1.807) is 19.9 Å². The molecule has 0 bridgehead atoms. The Labute approximate surface area is 145 Å². The zero-order valence-electron chi connectivity index (χ0n) is 14.8. The van der Waals surface area contributed by atoms with Crippen molar-refractivity contribution in [2.24, 2.45) is 0 Å². The highest BCUT2D eigenvalue weighted by atomic mass is 32.2. The molecule has 2 rings (SSSR count). The van der Waals surface area contributed by atoms with Gasteiger partial charge in [0.05, 0.1) is 0 Å². The summed E-state index contributed by atoms with van der Waals surface area (Å²) in [6.45, 7) is 9.85. The summed E-state index contributed by atoms with van der Waals surface area (Å²) in [5.41, 5.74) is 2.27. The van der Waals surface area contributed by atoms with Gasteiger partial charge >= 0.3 is 0 Å². The molecule has 0 radical (unpaired) electrons. The fraction of sp³-hybridized carbons (Fsp3) is 0.444. The third-order valence-corrected chi connectivity index (χ3v) is 5.39. The minimum absolute atomic E-state index is 0.0839. The number of hydrogen-bond donors (Lipinski definition) is 1. The third kappa shape index (κ3) is 4.77. The largest absolute Gasteiger partial charge is 0.360 e. The van der Waals surface area contributed by atoms with Crippen molar-refractivity contribution in [1.29, 1.82) is 0 Å². The van der Waals surface area contributed by atoms with Crippen LogP contribution in [0.3, 0.4) is 0 Å². The summed E-state index contributed by atoms with van der Waals surface area (Å²) in [5.74, 6) is 0.971. The first-order valence-electron chi connectivity index (χ1n) is 7.87. The third-order valence-electron chi connectivity index (χ3n) is 3.77. The highest BCUT2D eigenvalue weighted by molar-refractivity contribution is 7.85. The molecule has 5 nitrogen and oxygen atoms in total. The fourth-order valence-electron chi connectivity index (χ4n) is 2.16. The maximum Gasteiger partial charge on any atom is 0.241 e. The van der Waals surface area contributed by atoms with Crippen LogP contribution >= 0.6 is 0 Å². The quantitative estimate of drug-likeness (QED) is 0.897. The number of nitrogens with one attached hydrogen (secondary N) is 1. The molecule has 0 aliphatic rings. The standard InChI is InChI=1S/C18H24N2O3S/c1-12-10-16(20-23-12)19-17(21)13(2)24(22)11-14-6-8-15(9-7-14)18(3,4)5/h6-10,13H,11H2,1-5H3,(H,19,20,21)/t13-,24-/m0/s1. The molecule has 1 N–H and O–H groups in total. The number of anilines is 1. The molecule has 0 spiro atoms. The van der Waals surface area contributed by atoms with Gasteiger partial charge in [-0.05, 0) is 30.4 Å². The van der Waals surface area contributed by atoms with E-state index >= 15 is 0 Å². The van der Waals surface area contributed by atoms with Gasteiger partial charge in [-0.25, -0.2) is 0 Å². The number of nitrogens with zero attached hydrogens (tertiary/aromatic N) is 1. The predicted molar refractivity (Wildman–Crippen MR) is 96.3 cm³/mol. The summed E-state index contributed by atoms with van der Waals surface area (Å²) in [6, 6.07) is 9.68. The van der Waals surface area contributed by atoms with Crippen molar-refractivity contribution in [2.75, 3.05) is 5.32 Å². The Morgan fingerprint density at radius 1 is 1.29 bits per heavy atom. The normalized spacial score (nSPS) is 14.2. The van der Waals surface area contributed by atoms with Gasteiger partial charge in [0, 0.05) is 22.6 Å². The molecule has 0 saturated carbocycles. The van der Waals surface area contributed by atoms with Gasteiger partial charge in [-0.2, -0.15) is 0 Å². The van der Waals surface area contributed by atoms with E-state index in [-0.39, 0.29) is 11.3 Å². The van der Waals surface area contributed by atoms with Crippen molar-refractivity contribution >= 4 is 22.5 Å². The Balaban J connectivity index is 1.97. The van der Waals surface area contributed by atoms with Crippen LogP contribution in [0.4, 0.5) is 5.82 Å². The van der Waals surface area contributed by atoms with E-state index in [0.717, 1.165) is 5.56 Å². The molecular weight excluding hydrogens is 324 g/mol. The topological polar surface area (TPSA) is 72.2 Å². The number of rotatable bonds is 5. The molecule has 130 valence electrons. The van der Waals surface area contributed by atoms with E-state index in [4.69, 9.17) is 4.52 Å². The summed E-state index contributed by atoms with van der Waals surface area (Å²) in [4.78, 5) is 12.2. The second kappa shape index (κ2) is 7.30. The molecule has 0 aliphatic carbocycles. The summed E-state index contributed by atoms with van der Waals surface area (Å²) in [7, 11) is -1.31. The van der Waals surface area contributed by atoms with Gasteiger partial charge in [-0.1, -0.05) is 50.2 Å². The molecule has 1 amide bonds. The molecular formula is C18H24N2O3S. The smallest absolute Gasteiger partial charge is 0.241 e. The van der Waals surface area contributed by atoms with Crippen LogP contribution in [0.25, 0.3) is 0 Å². The Kier molecular flexibility index (Phi) is 5.59. The fourth-order valence-corrected chi connectivity index (χ4v) is 3.23. The van der Waals surface area contributed by atoms with Crippen LogP contribution in [0.5, 0.6) is 0 Å². The maximum atomic E-state index is 12.4. The monoisotopic (exact) mass is 348 g/mol. The maximum absolute atomic E-state index is 12.4. The SMILES string of the molecule is Cc1cc(NC(=O)[C@H](C)[S@@](=O)Cc2ccc(C(C)(C)C)cc2)no1. The van der Waals surface area contributed by atoms with Crippen LogP contribution in [-0.4, -0.2) is 20.5 Å². The molecule has 0 aliphatic heterocycles. The van der Waals surface area contributed by atoms with Crippen molar-refractivity contribution in [2.45, 2.75) is 51.0 Å². The Morgan fingerprint density at radius 3 is 2.42 bits per heavy atom. The lowest BCUT2D eigenvalue weighted by Gasteiger charge is -2.19. The lowest BCUT2D eigenvalue weighted by atomic mass is 9.87. The number of benzene rings is 1. The van der Waals surface area contributed by atoms with Gasteiger partial charge < -0.3 is 9.84 Å². The molecule has 1 heterocycles. The molecule has 0 unspecified atom stereocenters. The van der Waals surface area contributed by atoms with Crippen LogP contribution in [0.1, 0.15) is 44.6 Å². The Bertz CT molecular complexity index is 729. The van der Waals surface area contributed by atoms with Gasteiger partial charge in [-0.15, -0.1) is 0 Å². The first kappa shape index (κ1) is 18.4. The molecule has 2 aromatic rings. The van der Waals surface area contributed by atoms with Crippen molar-refractivity contribution < 1.29 is 13.5 Å². The first-order valence-corrected chi connectivity index (χ1v) is 9.26. The number of carbonyl (C=O) groups excluding carboxylic acids is 1. The second-order valence-electron chi connectivity index (χ2n) is 6.93. The van der Waals surface area contributed by atoms with Crippen molar-refractivity contribution in [3.05, 3.63) is 47.2 Å². The van der Waals surface area contributed by atoms with E-state index in [1.807, 2.05) is 12.1 Å². The van der Waals surface area contributed by atoms with Crippen LogP contribution in [-0.2, 0) is 26.8 Å². The van der Waals surface area contributed by atoms with Crippen LogP contribution in [0.15, 0.2) is 34.9 Å². The minimum atomic E-state index is -1.31. The van der Waals surface area contributed by atoms with Gasteiger partial charge in [0.25, 0.3) is 0 Å². The lowest BCUT2D eigenvalue weighted by molar-refractivity contribution is -0.115. The Morgan fingerprint density at radius 2 is 1.92 bits per heavy atom. The highest BCUT2D eigenvalue weighted by Gasteiger charge is 2.21. The number of aryl methyl sites for hydroxylation is 1. The van der Waals surface area contributed by atoms with Gasteiger partial charge in [0.15, 0.2) is 5.82 Å². The second-order valence-corrected chi connectivity index (χ2v) is 8.68. The lowest BCUT2D eigenvalue weighted by Crippen LogP contribution is -2.29. The number of aromatic nitrogens is 1. The minimum Gasteiger partial charge on any atom is -0.360 e. The van der Waals surface area contributed by atoms with E-state index in [1.165, 1.54) is 5.56 Å². The van der Waals surface area contributed by atoms with Gasteiger partial charge in [0.1, 0.15) is 11.0 Å². The highest BCUT2D eigenvalue weighted by Crippen LogP contribution is 2.22. The van der Waals surface area contributed by atoms with Crippen molar-refractivity contribution in [1.82, 2.24) is 5.16 Å². The molecule has 1 aromatic heterocycles.